The molecule has 1 aromatic rings. The van der Waals surface area contributed by atoms with Gasteiger partial charge in [0.15, 0.2) is 0 Å². The van der Waals surface area contributed by atoms with Crippen molar-refractivity contribution < 1.29 is 0 Å². The number of anilines is 1. The fourth-order valence-corrected chi connectivity index (χ4v) is 1.96. The lowest BCUT2D eigenvalue weighted by molar-refractivity contribution is 0.574. The van der Waals surface area contributed by atoms with Crippen LogP contribution < -0.4 is 10.2 Å². The number of hydrogen-bond acceptors (Lipinski definition) is 2. The van der Waals surface area contributed by atoms with Gasteiger partial charge in [0.2, 0.25) is 0 Å². The second kappa shape index (κ2) is 5.90. The molecule has 0 saturated heterocycles. The molecule has 0 spiro atoms. The first-order valence-electron chi connectivity index (χ1n) is 6.10. The van der Waals surface area contributed by atoms with Crippen LogP contribution in [0.25, 0.3) is 0 Å². The Labute approximate surface area is 99.7 Å². The number of para-hydroxylation sites is 1. The minimum absolute atomic E-state index is 0.442. The second-order valence-electron chi connectivity index (χ2n) is 4.51. The lowest BCUT2D eigenvalue weighted by Gasteiger charge is -2.29. The van der Waals surface area contributed by atoms with Gasteiger partial charge in [-0.05, 0) is 38.9 Å². The van der Waals surface area contributed by atoms with Crippen LogP contribution in [0.5, 0.6) is 0 Å². The zero-order valence-electron chi connectivity index (χ0n) is 11.1. The Kier molecular flexibility index (Phi) is 4.81. The van der Waals surface area contributed by atoms with E-state index in [1.54, 1.807) is 0 Å². The second-order valence-corrected chi connectivity index (χ2v) is 4.51. The van der Waals surface area contributed by atoms with Gasteiger partial charge in [-0.1, -0.05) is 25.1 Å². The van der Waals surface area contributed by atoms with E-state index in [2.05, 4.69) is 62.3 Å². The molecule has 2 heteroatoms. The molecule has 2 nitrogen and oxygen atoms in total. The fourth-order valence-electron chi connectivity index (χ4n) is 1.96. The van der Waals surface area contributed by atoms with E-state index in [-0.39, 0.29) is 0 Å². The van der Waals surface area contributed by atoms with Gasteiger partial charge in [0.1, 0.15) is 0 Å². The summed E-state index contributed by atoms with van der Waals surface area (Å²) in [5.41, 5.74) is 2.72. The molecule has 0 aromatic heterocycles. The summed E-state index contributed by atoms with van der Waals surface area (Å²) in [6.07, 6.45) is 1.11. The highest BCUT2D eigenvalue weighted by Gasteiger charge is 2.15. The van der Waals surface area contributed by atoms with Crippen LogP contribution in [0.3, 0.4) is 0 Å². The highest BCUT2D eigenvalue weighted by Crippen LogP contribution is 2.28. The maximum Gasteiger partial charge on any atom is 0.0414 e. The summed E-state index contributed by atoms with van der Waals surface area (Å²) in [7, 11) is 4.19. The fraction of sp³-hybridized carbons (Fsp3) is 0.571. The molecule has 1 unspecified atom stereocenters. The van der Waals surface area contributed by atoms with Gasteiger partial charge >= 0.3 is 0 Å². The molecule has 0 amide bonds. The highest BCUT2D eigenvalue weighted by atomic mass is 15.1. The maximum absolute atomic E-state index is 3.38. The summed E-state index contributed by atoms with van der Waals surface area (Å²) in [6, 6.07) is 9.62. The predicted molar refractivity (Wildman–Crippen MR) is 72.1 cm³/mol. The van der Waals surface area contributed by atoms with Crippen LogP contribution in [0.15, 0.2) is 24.3 Å². The van der Waals surface area contributed by atoms with Crippen molar-refractivity contribution in [1.29, 1.82) is 0 Å². The number of nitrogens with zero attached hydrogens (tertiary/aromatic N) is 1. The Morgan fingerprint density at radius 1 is 1.25 bits per heavy atom. The summed E-state index contributed by atoms with van der Waals surface area (Å²) in [4.78, 5) is 2.33. The molecule has 16 heavy (non-hydrogen) atoms. The lowest BCUT2D eigenvalue weighted by atomic mass is 10.0. The molecule has 0 aliphatic carbocycles. The predicted octanol–water partition coefficient (Wildman–Crippen LogP) is 3.20. The van der Waals surface area contributed by atoms with Gasteiger partial charge in [0, 0.05) is 24.8 Å². The van der Waals surface area contributed by atoms with Crippen molar-refractivity contribution in [2.24, 2.45) is 0 Å². The number of nitrogens with one attached hydrogen (secondary N) is 1. The minimum atomic E-state index is 0.442. The van der Waals surface area contributed by atoms with Crippen LogP contribution >= 0.6 is 0 Å². The van der Waals surface area contributed by atoms with E-state index in [0.29, 0.717) is 12.1 Å². The monoisotopic (exact) mass is 220 g/mol. The van der Waals surface area contributed by atoms with Crippen molar-refractivity contribution >= 4 is 5.69 Å². The first kappa shape index (κ1) is 13.0. The third kappa shape index (κ3) is 2.76. The van der Waals surface area contributed by atoms with Gasteiger partial charge in [-0.2, -0.15) is 0 Å². The molecular formula is C14H24N2. The minimum Gasteiger partial charge on any atom is -0.372 e. The van der Waals surface area contributed by atoms with Gasteiger partial charge in [0.05, 0.1) is 0 Å². The highest BCUT2D eigenvalue weighted by molar-refractivity contribution is 5.55. The zero-order chi connectivity index (χ0) is 12.1. The Hall–Kier alpha value is -1.02. The Balaban J connectivity index is 3.08. The molecule has 90 valence electrons. The quantitative estimate of drug-likeness (QED) is 0.819. The molecule has 0 aliphatic heterocycles. The van der Waals surface area contributed by atoms with E-state index in [1.165, 1.54) is 11.3 Å². The topological polar surface area (TPSA) is 15.3 Å². The van der Waals surface area contributed by atoms with Crippen molar-refractivity contribution in [3.8, 4) is 0 Å². The van der Waals surface area contributed by atoms with Crippen LogP contribution in [0.4, 0.5) is 5.69 Å². The van der Waals surface area contributed by atoms with E-state index < -0.39 is 0 Å². The lowest BCUT2D eigenvalue weighted by Crippen LogP contribution is -2.28. The molecular weight excluding hydrogens is 196 g/mol. The normalized spacial score (nSPS) is 12.9. The molecule has 0 radical (unpaired) electrons. The van der Waals surface area contributed by atoms with Gasteiger partial charge in [-0.25, -0.2) is 0 Å². The van der Waals surface area contributed by atoms with E-state index in [0.717, 1.165) is 6.42 Å². The van der Waals surface area contributed by atoms with Gasteiger partial charge < -0.3 is 10.2 Å². The van der Waals surface area contributed by atoms with E-state index in [9.17, 15) is 0 Å². The first-order chi connectivity index (χ1) is 7.61. The third-order valence-electron chi connectivity index (χ3n) is 3.22. The average molecular weight is 220 g/mol. The molecule has 1 aromatic carbocycles. The molecule has 1 atom stereocenters. The van der Waals surface area contributed by atoms with Crippen molar-refractivity contribution in [1.82, 2.24) is 5.32 Å². The van der Waals surface area contributed by atoms with Crippen LogP contribution in [-0.4, -0.2) is 20.1 Å². The van der Waals surface area contributed by atoms with Crippen LogP contribution in [0.1, 0.15) is 38.8 Å². The third-order valence-corrected chi connectivity index (χ3v) is 3.22. The van der Waals surface area contributed by atoms with E-state index in [4.69, 9.17) is 0 Å². The SMILES string of the molecule is CCC(NC)c1ccccc1N(C)C(C)C. The Bertz CT molecular complexity index is 295. The summed E-state index contributed by atoms with van der Waals surface area (Å²) >= 11 is 0. The van der Waals surface area contributed by atoms with Gasteiger partial charge in [-0.15, -0.1) is 0 Å². The molecule has 0 saturated carbocycles. The molecule has 0 heterocycles. The molecule has 1 N–H and O–H groups in total. The van der Waals surface area contributed by atoms with Gasteiger partial charge in [-0.3, -0.25) is 0 Å². The van der Waals surface area contributed by atoms with Gasteiger partial charge in [0.25, 0.3) is 0 Å². The van der Waals surface area contributed by atoms with E-state index >= 15 is 0 Å². The maximum atomic E-state index is 3.38. The van der Waals surface area contributed by atoms with Crippen LogP contribution in [-0.2, 0) is 0 Å². The van der Waals surface area contributed by atoms with Crippen molar-refractivity contribution in [2.75, 3.05) is 19.0 Å². The van der Waals surface area contributed by atoms with E-state index in [1.807, 2.05) is 7.05 Å². The standard InChI is InChI=1S/C14H24N2/c1-6-13(15-4)12-9-7-8-10-14(12)16(5)11(2)3/h7-11,13,15H,6H2,1-5H3. The molecule has 0 bridgehead atoms. The number of hydrogen-bond donors (Lipinski definition) is 1. The zero-order valence-corrected chi connectivity index (χ0v) is 11.1. The molecule has 1 rings (SSSR count). The Morgan fingerprint density at radius 3 is 2.38 bits per heavy atom. The number of benzene rings is 1. The van der Waals surface area contributed by atoms with Crippen LogP contribution in [0, 0.1) is 0 Å². The summed E-state index contributed by atoms with van der Waals surface area (Å²) in [5, 5.41) is 3.38. The summed E-state index contributed by atoms with van der Waals surface area (Å²) in [5.74, 6) is 0. The number of rotatable bonds is 5. The van der Waals surface area contributed by atoms with Crippen LogP contribution in [0.2, 0.25) is 0 Å². The van der Waals surface area contributed by atoms with Crippen molar-refractivity contribution in [3.63, 3.8) is 0 Å². The van der Waals surface area contributed by atoms with Crippen molar-refractivity contribution in [2.45, 2.75) is 39.3 Å². The van der Waals surface area contributed by atoms with Crippen molar-refractivity contribution in [3.05, 3.63) is 29.8 Å². The average Bonchev–Trinajstić information content (AvgIpc) is 2.30. The molecule has 0 aliphatic rings. The summed E-state index contributed by atoms with van der Waals surface area (Å²) < 4.78 is 0. The largest absolute Gasteiger partial charge is 0.372 e. The molecule has 0 fully saturated rings. The smallest absolute Gasteiger partial charge is 0.0414 e. The first-order valence-corrected chi connectivity index (χ1v) is 6.10. The summed E-state index contributed by atoms with van der Waals surface area (Å²) in [6.45, 7) is 6.65. The Morgan fingerprint density at radius 2 is 1.88 bits per heavy atom.